The monoisotopic (exact) mass is 249 g/mol. The minimum absolute atomic E-state index is 0.939. The lowest BCUT2D eigenvalue weighted by molar-refractivity contribution is 0.577. The fourth-order valence-corrected chi connectivity index (χ4v) is 3.11. The molecule has 0 unspecified atom stereocenters. The van der Waals surface area contributed by atoms with Gasteiger partial charge in [-0.2, -0.15) is 0 Å². The molecule has 0 atom stereocenters. The van der Waals surface area contributed by atoms with Crippen molar-refractivity contribution in [2.45, 2.75) is 12.8 Å². The van der Waals surface area contributed by atoms with Gasteiger partial charge in [-0.05, 0) is 42.2 Å². The highest BCUT2D eigenvalue weighted by atomic mass is 16.3. The topological polar surface area (TPSA) is 18.1 Å². The summed E-state index contributed by atoms with van der Waals surface area (Å²) in [5, 5.41) is 0. The predicted octanol–water partition coefficient (Wildman–Crippen LogP) is 4.05. The molecule has 0 spiro atoms. The quantitative estimate of drug-likeness (QED) is 0.636. The van der Waals surface area contributed by atoms with Gasteiger partial charge < -0.3 is 8.98 Å². The zero-order chi connectivity index (χ0) is 12.8. The number of hydrogen-bond donors (Lipinski definition) is 0. The zero-order valence-corrected chi connectivity index (χ0v) is 10.9. The first-order valence-corrected chi connectivity index (χ1v) is 6.65. The molecule has 1 aliphatic rings. The van der Waals surface area contributed by atoms with Crippen molar-refractivity contribution in [2.75, 3.05) is 0 Å². The van der Waals surface area contributed by atoms with E-state index in [9.17, 15) is 0 Å². The van der Waals surface area contributed by atoms with E-state index in [0.717, 1.165) is 24.3 Å². The van der Waals surface area contributed by atoms with Crippen LogP contribution in [0.4, 0.5) is 0 Å². The molecule has 0 aliphatic heterocycles. The van der Waals surface area contributed by atoms with Crippen LogP contribution in [0.1, 0.15) is 11.1 Å². The second kappa shape index (κ2) is 3.89. The van der Waals surface area contributed by atoms with Crippen LogP contribution < -0.4 is 0 Å². The number of fused-ring (bicyclic) bond motifs is 3. The largest absolute Gasteiger partial charge is 0.463 e. The van der Waals surface area contributed by atoms with Crippen molar-refractivity contribution in [1.29, 1.82) is 0 Å². The predicted molar refractivity (Wildman–Crippen MR) is 76.0 cm³/mol. The second-order valence-electron chi connectivity index (χ2n) is 5.10. The summed E-state index contributed by atoms with van der Waals surface area (Å²) in [7, 11) is 2.12. The van der Waals surface area contributed by atoms with Crippen LogP contribution in [0.15, 0.2) is 53.1 Å². The van der Waals surface area contributed by atoms with Crippen LogP contribution in [0.2, 0.25) is 0 Å². The summed E-state index contributed by atoms with van der Waals surface area (Å²) in [4.78, 5) is 0. The van der Waals surface area contributed by atoms with Crippen LogP contribution in [0.3, 0.4) is 0 Å². The summed E-state index contributed by atoms with van der Waals surface area (Å²) in [6.07, 6.45) is 3.97. The third-order valence-corrected chi connectivity index (χ3v) is 4.02. The molecule has 3 aromatic rings. The molecule has 0 saturated carbocycles. The molecule has 2 nitrogen and oxygen atoms in total. The lowest BCUT2D eigenvalue weighted by Gasteiger charge is -2.18. The third kappa shape index (κ3) is 1.49. The Morgan fingerprint density at radius 3 is 2.68 bits per heavy atom. The summed E-state index contributed by atoms with van der Waals surface area (Å²) >= 11 is 0. The average Bonchev–Trinajstić information content (AvgIpc) is 3.06. The molecule has 2 heterocycles. The minimum atomic E-state index is 0.939. The Hall–Kier alpha value is -2.22. The number of rotatable bonds is 1. The Kier molecular flexibility index (Phi) is 2.18. The van der Waals surface area contributed by atoms with Crippen molar-refractivity contribution >= 4 is 0 Å². The Labute approximate surface area is 112 Å². The zero-order valence-electron chi connectivity index (χ0n) is 10.9. The van der Waals surface area contributed by atoms with Gasteiger partial charge in [0.2, 0.25) is 0 Å². The molecule has 0 N–H and O–H groups in total. The molecule has 94 valence electrons. The van der Waals surface area contributed by atoms with Crippen LogP contribution in [0, 0.1) is 0 Å². The van der Waals surface area contributed by atoms with Crippen molar-refractivity contribution in [3.63, 3.8) is 0 Å². The van der Waals surface area contributed by atoms with Crippen LogP contribution >= 0.6 is 0 Å². The smallest absolute Gasteiger partial charge is 0.150 e. The molecule has 0 radical (unpaired) electrons. The molecular weight excluding hydrogens is 234 g/mol. The molecule has 0 bridgehead atoms. The molecule has 0 saturated heterocycles. The Balaban J connectivity index is 1.97. The van der Waals surface area contributed by atoms with Crippen LogP contribution in [-0.2, 0) is 19.9 Å². The standard InChI is InChI=1S/C17H15NO/c1-18-15(16-7-4-10-19-16)11-13-9-8-12-5-2-3-6-14(12)17(13)18/h2-7,10-11H,8-9H2,1H3. The molecule has 0 amide bonds. The molecule has 4 rings (SSSR count). The molecule has 2 heteroatoms. The Bertz CT molecular complexity index is 735. The molecule has 1 aromatic carbocycles. The lowest BCUT2D eigenvalue weighted by Crippen LogP contribution is -2.05. The fourth-order valence-electron chi connectivity index (χ4n) is 3.11. The van der Waals surface area contributed by atoms with Gasteiger partial charge in [0.1, 0.15) is 5.76 Å². The highest BCUT2D eigenvalue weighted by molar-refractivity contribution is 5.75. The molecule has 2 aromatic heterocycles. The summed E-state index contributed by atoms with van der Waals surface area (Å²) in [6, 6.07) is 14.9. The second-order valence-corrected chi connectivity index (χ2v) is 5.10. The van der Waals surface area contributed by atoms with Crippen molar-refractivity contribution in [3.8, 4) is 22.7 Å². The summed E-state index contributed by atoms with van der Waals surface area (Å²) in [5.74, 6) is 0.939. The van der Waals surface area contributed by atoms with E-state index >= 15 is 0 Å². The summed E-state index contributed by atoms with van der Waals surface area (Å²) < 4.78 is 7.80. The Morgan fingerprint density at radius 2 is 1.84 bits per heavy atom. The number of furan rings is 1. The first kappa shape index (κ1) is 10.7. The van der Waals surface area contributed by atoms with E-state index in [1.165, 1.54) is 22.4 Å². The van der Waals surface area contributed by atoms with E-state index < -0.39 is 0 Å². The van der Waals surface area contributed by atoms with Crippen LogP contribution in [-0.4, -0.2) is 4.57 Å². The van der Waals surface area contributed by atoms with Crippen molar-refractivity contribution in [1.82, 2.24) is 4.57 Å². The Morgan fingerprint density at radius 1 is 1.00 bits per heavy atom. The van der Waals surface area contributed by atoms with Crippen molar-refractivity contribution in [3.05, 3.63) is 59.9 Å². The van der Waals surface area contributed by atoms with Crippen LogP contribution in [0.25, 0.3) is 22.7 Å². The van der Waals surface area contributed by atoms with E-state index in [-0.39, 0.29) is 0 Å². The minimum Gasteiger partial charge on any atom is -0.463 e. The fraction of sp³-hybridized carbons (Fsp3) is 0.176. The van der Waals surface area contributed by atoms with E-state index in [0.29, 0.717) is 0 Å². The summed E-state index contributed by atoms with van der Waals surface area (Å²) in [5.41, 5.74) is 6.74. The highest BCUT2D eigenvalue weighted by Gasteiger charge is 2.22. The van der Waals surface area contributed by atoms with Gasteiger partial charge in [-0.3, -0.25) is 0 Å². The first-order valence-electron chi connectivity index (χ1n) is 6.65. The van der Waals surface area contributed by atoms with E-state index in [1.807, 2.05) is 12.1 Å². The number of benzene rings is 1. The lowest BCUT2D eigenvalue weighted by atomic mass is 9.90. The van der Waals surface area contributed by atoms with Gasteiger partial charge in [0.05, 0.1) is 17.7 Å². The van der Waals surface area contributed by atoms with Crippen molar-refractivity contribution in [2.24, 2.45) is 7.05 Å². The number of hydrogen-bond acceptors (Lipinski definition) is 1. The van der Waals surface area contributed by atoms with Crippen LogP contribution in [0.5, 0.6) is 0 Å². The van der Waals surface area contributed by atoms with Gasteiger partial charge in [-0.1, -0.05) is 24.3 Å². The number of aromatic nitrogens is 1. The maximum Gasteiger partial charge on any atom is 0.150 e. The van der Waals surface area contributed by atoms with E-state index in [2.05, 4.69) is 41.9 Å². The van der Waals surface area contributed by atoms with E-state index in [4.69, 9.17) is 4.42 Å². The average molecular weight is 249 g/mol. The van der Waals surface area contributed by atoms with Gasteiger partial charge in [0.15, 0.2) is 0 Å². The van der Waals surface area contributed by atoms with Gasteiger partial charge in [0, 0.05) is 12.6 Å². The highest BCUT2D eigenvalue weighted by Crippen LogP contribution is 2.37. The molecule has 0 fully saturated rings. The SMILES string of the molecule is Cn1c(-c2ccco2)cc2c1-c1ccccc1CC2. The summed E-state index contributed by atoms with van der Waals surface area (Å²) in [6.45, 7) is 0. The first-order chi connectivity index (χ1) is 9.34. The van der Waals surface area contributed by atoms with Gasteiger partial charge in [-0.25, -0.2) is 0 Å². The maximum absolute atomic E-state index is 5.55. The molecule has 1 aliphatic carbocycles. The van der Waals surface area contributed by atoms with Crippen molar-refractivity contribution < 1.29 is 4.42 Å². The third-order valence-electron chi connectivity index (χ3n) is 4.02. The van der Waals surface area contributed by atoms with Gasteiger partial charge in [0.25, 0.3) is 0 Å². The van der Waals surface area contributed by atoms with Gasteiger partial charge in [-0.15, -0.1) is 0 Å². The maximum atomic E-state index is 5.55. The normalized spacial score (nSPS) is 13.1. The van der Waals surface area contributed by atoms with Gasteiger partial charge >= 0.3 is 0 Å². The number of aryl methyl sites for hydroxylation is 2. The number of nitrogens with zero attached hydrogens (tertiary/aromatic N) is 1. The molecular formula is C17H15NO. The van der Waals surface area contributed by atoms with E-state index in [1.54, 1.807) is 6.26 Å². The molecule has 19 heavy (non-hydrogen) atoms.